The van der Waals surface area contributed by atoms with Gasteiger partial charge in [-0.05, 0) is 13.8 Å². The van der Waals surface area contributed by atoms with Crippen molar-refractivity contribution in [2.75, 3.05) is 0 Å². The van der Waals surface area contributed by atoms with E-state index in [0.717, 1.165) is 4.68 Å². The molecule has 1 aromatic heterocycles. The highest BCUT2D eigenvalue weighted by Gasteiger charge is 2.21. The zero-order chi connectivity index (χ0) is 10.9. The number of H-pyrrole nitrogens is 1. The zero-order valence-corrected chi connectivity index (χ0v) is 8.92. The van der Waals surface area contributed by atoms with Crippen molar-refractivity contribution < 1.29 is 8.42 Å². The van der Waals surface area contributed by atoms with E-state index in [9.17, 15) is 13.2 Å². The minimum Gasteiger partial charge on any atom is -0.259 e. The second kappa shape index (κ2) is 3.54. The summed E-state index contributed by atoms with van der Waals surface area (Å²) in [6, 6.07) is -0.244. The lowest BCUT2D eigenvalue weighted by atomic mass is 10.4. The summed E-state index contributed by atoms with van der Waals surface area (Å²) in [6.45, 7) is 3.37. The molecule has 0 radical (unpaired) electrons. The van der Waals surface area contributed by atoms with E-state index < -0.39 is 15.7 Å². The largest absolute Gasteiger partial charge is 0.362 e. The van der Waals surface area contributed by atoms with Crippen LogP contribution in [0.2, 0.25) is 0 Å². The van der Waals surface area contributed by atoms with Crippen LogP contribution in [0.3, 0.4) is 0 Å². The summed E-state index contributed by atoms with van der Waals surface area (Å²) in [5.74, 6) is 0. The lowest BCUT2D eigenvalue weighted by molar-refractivity contribution is 0.546. The highest BCUT2D eigenvalue weighted by atomic mass is 32.2. The van der Waals surface area contributed by atoms with E-state index in [0.29, 0.717) is 0 Å². The Morgan fingerprint density at radius 2 is 2.07 bits per heavy atom. The molecule has 0 bridgehead atoms. The van der Waals surface area contributed by atoms with E-state index in [1.54, 1.807) is 13.8 Å². The molecular formula is C6H12N4O3S. The van der Waals surface area contributed by atoms with E-state index in [1.807, 2.05) is 0 Å². The highest BCUT2D eigenvalue weighted by Crippen LogP contribution is 2.00. The minimum absolute atomic E-state index is 0.244. The molecule has 14 heavy (non-hydrogen) atoms. The molecule has 0 atom stereocenters. The monoisotopic (exact) mass is 220 g/mol. The Hall–Kier alpha value is -1.15. The molecule has 0 saturated heterocycles. The summed E-state index contributed by atoms with van der Waals surface area (Å²) in [6.07, 6.45) is 0. The fourth-order valence-corrected chi connectivity index (χ4v) is 2.32. The predicted octanol–water partition coefficient (Wildman–Crippen LogP) is -1.20. The van der Waals surface area contributed by atoms with E-state index in [4.69, 9.17) is 0 Å². The fraction of sp³-hybridized carbons (Fsp3) is 0.667. The van der Waals surface area contributed by atoms with Crippen molar-refractivity contribution in [3.8, 4) is 0 Å². The van der Waals surface area contributed by atoms with Crippen molar-refractivity contribution in [2.45, 2.75) is 25.0 Å². The van der Waals surface area contributed by atoms with Gasteiger partial charge in [-0.2, -0.15) is 4.98 Å². The first-order chi connectivity index (χ1) is 6.33. The first kappa shape index (κ1) is 10.9. The van der Waals surface area contributed by atoms with Crippen LogP contribution in [0.15, 0.2) is 9.95 Å². The summed E-state index contributed by atoms with van der Waals surface area (Å²) in [7, 11) is -2.29. The van der Waals surface area contributed by atoms with Gasteiger partial charge in [-0.1, -0.05) is 0 Å². The smallest absolute Gasteiger partial charge is 0.259 e. The van der Waals surface area contributed by atoms with Gasteiger partial charge >= 0.3 is 5.69 Å². The first-order valence-electron chi connectivity index (χ1n) is 3.98. The van der Waals surface area contributed by atoms with Gasteiger partial charge in [0.2, 0.25) is 0 Å². The third kappa shape index (κ3) is 2.20. The van der Waals surface area contributed by atoms with Crippen molar-refractivity contribution in [1.29, 1.82) is 0 Å². The predicted molar refractivity (Wildman–Crippen MR) is 49.3 cm³/mol. The number of aryl methyl sites for hydroxylation is 1. The van der Waals surface area contributed by atoms with Crippen LogP contribution >= 0.6 is 0 Å². The van der Waals surface area contributed by atoms with Crippen molar-refractivity contribution in [2.24, 2.45) is 7.05 Å². The molecule has 1 aromatic rings. The SMILES string of the molecule is CC(C)NS(=O)(=O)c1nc(=O)[nH]n1C. The number of aromatic nitrogens is 3. The quantitative estimate of drug-likeness (QED) is 0.668. The van der Waals surface area contributed by atoms with Crippen LogP contribution in [-0.2, 0) is 17.1 Å². The van der Waals surface area contributed by atoms with Crippen LogP contribution in [0.4, 0.5) is 0 Å². The normalized spacial score (nSPS) is 12.3. The Bertz CT molecular complexity index is 470. The second-order valence-corrected chi connectivity index (χ2v) is 4.75. The van der Waals surface area contributed by atoms with Gasteiger partial charge in [-0.15, -0.1) is 0 Å². The standard InChI is InChI=1S/C6H12N4O3S/c1-4(2)9-14(12,13)6-7-5(11)8-10(6)3/h4,9H,1-3H3,(H,8,11). The maximum Gasteiger partial charge on any atom is 0.362 e. The summed E-state index contributed by atoms with van der Waals surface area (Å²) in [5, 5.41) is 1.91. The van der Waals surface area contributed by atoms with E-state index in [2.05, 4.69) is 14.8 Å². The summed E-state index contributed by atoms with van der Waals surface area (Å²) in [4.78, 5) is 14.1. The maximum atomic E-state index is 11.5. The lowest BCUT2D eigenvalue weighted by Gasteiger charge is -2.07. The van der Waals surface area contributed by atoms with E-state index >= 15 is 0 Å². The molecule has 8 heteroatoms. The Labute approximate surface area is 81.2 Å². The molecule has 80 valence electrons. The summed E-state index contributed by atoms with van der Waals surface area (Å²) >= 11 is 0. The van der Waals surface area contributed by atoms with Crippen molar-refractivity contribution >= 4 is 10.0 Å². The van der Waals surface area contributed by atoms with Crippen molar-refractivity contribution in [3.05, 3.63) is 10.5 Å². The van der Waals surface area contributed by atoms with Crippen LogP contribution in [0.1, 0.15) is 13.8 Å². The van der Waals surface area contributed by atoms with E-state index in [-0.39, 0.29) is 11.2 Å². The Kier molecular flexibility index (Phi) is 2.76. The third-order valence-electron chi connectivity index (χ3n) is 1.38. The molecule has 0 amide bonds. The van der Waals surface area contributed by atoms with Gasteiger partial charge in [0.05, 0.1) is 0 Å². The Balaban J connectivity index is 3.17. The molecule has 0 aliphatic heterocycles. The molecule has 0 aliphatic carbocycles. The fourth-order valence-electron chi connectivity index (χ4n) is 0.982. The van der Waals surface area contributed by atoms with Crippen LogP contribution in [0, 0.1) is 0 Å². The van der Waals surface area contributed by atoms with Gasteiger partial charge < -0.3 is 0 Å². The molecule has 1 rings (SSSR count). The minimum atomic E-state index is -3.70. The second-order valence-electron chi connectivity index (χ2n) is 3.15. The van der Waals surface area contributed by atoms with Crippen LogP contribution in [-0.4, -0.2) is 29.2 Å². The molecule has 0 saturated carbocycles. The Morgan fingerprint density at radius 3 is 2.43 bits per heavy atom. The van der Waals surface area contributed by atoms with Gasteiger partial charge in [0.15, 0.2) is 0 Å². The molecule has 0 spiro atoms. The number of aromatic amines is 1. The van der Waals surface area contributed by atoms with Crippen molar-refractivity contribution in [1.82, 2.24) is 19.5 Å². The number of sulfonamides is 1. The van der Waals surface area contributed by atoms with Gasteiger partial charge in [0, 0.05) is 13.1 Å². The van der Waals surface area contributed by atoms with Gasteiger partial charge in [0.1, 0.15) is 0 Å². The zero-order valence-electron chi connectivity index (χ0n) is 8.10. The van der Waals surface area contributed by atoms with Crippen LogP contribution in [0.5, 0.6) is 0 Å². The number of nitrogens with one attached hydrogen (secondary N) is 2. The topological polar surface area (TPSA) is 96.8 Å². The van der Waals surface area contributed by atoms with Gasteiger partial charge in [0.25, 0.3) is 15.2 Å². The molecule has 0 aromatic carbocycles. The third-order valence-corrected chi connectivity index (χ3v) is 3.01. The molecular weight excluding hydrogens is 208 g/mol. The molecule has 0 aliphatic rings. The molecule has 0 fully saturated rings. The van der Waals surface area contributed by atoms with Crippen LogP contribution in [0.25, 0.3) is 0 Å². The number of hydrogen-bond donors (Lipinski definition) is 2. The van der Waals surface area contributed by atoms with Gasteiger partial charge in [-0.25, -0.2) is 23.0 Å². The summed E-state index contributed by atoms with van der Waals surface area (Å²) < 4.78 is 26.4. The number of nitrogens with zero attached hydrogens (tertiary/aromatic N) is 2. The maximum absolute atomic E-state index is 11.5. The van der Waals surface area contributed by atoms with Crippen LogP contribution < -0.4 is 10.4 Å². The average Bonchev–Trinajstić information content (AvgIpc) is 2.27. The van der Waals surface area contributed by atoms with E-state index in [1.165, 1.54) is 7.05 Å². The lowest BCUT2D eigenvalue weighted by Crippen LogP contribution is -2.32. The molecule has 7 nitrogen and oxygen atoms in total. The molecule has 1 heterocycles. The Morgan fingerprint density at radius 1 is 1.50 bits per heavy atom. The summed E-state index contributed by atoms with van der Waals surface area (Å²) in [5.41, 5.74) is -0.684. The average molecular weight is 220 g/mol. The number of rotatable bonds is 3. The number of hydrogen-bond acceptors (Lipinski definition) is 4. The molecule has 0 unspecified atom stereocenters. The van der Waals surface area contributed by atoms with Gasteiger partial charge in [-0.3, -0.25) is 4.68 Å². The highest BCUT2D eigenvalue weighted by molar-refractivity contribution is 7.89. The molecule has 2 N–H and O–H groups in total. The first-order valence-corrected chi connectivity index (χ1v) is 5.46. The van der Waals surface area contributed by atoms with Crippen molar-refractivity contribution in [3.63, 3.8) is 0 Å².